The predicted molar refractivity (Wildman–Crippen MR) is 65.4 cm³/mol. The zero-order chi connectivity index (χ0) is 12.1. The molecule has 88 valence electrons. The number of hydrogen-bond donors (Lipinski definition) is 1. The zero-order valence-corrected chi connectivity index (χ0v) is 11.0. The van der Waals surface area contributed by atoms with Crippen LogP contribution in [0.25, 0.3) is 0 Å². The summed E-state index contributed by atoms with van der Waals surface area (Å²) in [6.45, 7) is 0.344. The molecule has 0 spiro atoms. The number of nitrogens with one attached hydrogen (secondary N) is 1. The summed E-state index contributed by atoms with van der Waals surface area (Å²) in [7, 11) is -0.930. The lowest BCUT2D eigenvalue weighted by molar-refractivity contribution is 0.0956. The first-order chi connectivity index (χ1) is 7.50. The minimum absolute atomic E-state index is 0.249. The minimum atomic E-state index is -0.930. The van der Waals surface area contributed by atoms with Crippen LogP contribution in [-0.2, 0) is 10.8 Å². The van der Waals surface area contributed by atoms with Crippen LogP contribution in [0.1, 0.15) is 10.4 Å². The molecule has 1 N–H and O–H groups in total. The van der Waals surface area contributed by atoms with Crippen LogP contribution in [0.5, 0.6) is 0 Å². The van der Waals surface area contributed by atoms with Crippen molar-refractivity contribution in [1.29, 1.82) is 0 Å². The van der Waals surface area contributed by atoms with Gasteiger partial charge in [0.05, 0.1) is 4.47 Å². The SMILES string of the molecule is CS(=O)CCNC(=O)c1ccc(F)c(Br)c1. The molecule has 16 heavy (non-hydrogen) atoms. The highest BCUT2D eigenvalue weighted by atomic mass is 79.9. The van der Waals surface area contributed by atoms with E-state index in [-0.39, 0.29) is 10.4 Å². The van der Waals surface area contributed by atoms with E-state index >= 15 is 0 Å². The van der Waals surface area contributed by atoms with E-state index in [0.717, 1.165) is 0 Å². The fourth-order valence-corrected chi connectivity index (χ4v) is 1.82. The molecule has 0 aromatic heterocycles. The van der Waals surface area contributed by atoms with Crippen LogP contribution in [0.3, 0.4) is 0 Å². The number of benzene rings is 1. The molecule has 1 amide bonds. The first-order valence-corrected chi connectivity index (χ1v) is 7.06. The summed E-state index contributed by atoms with van der Waals surface area (Å²) in [6, 6.07) is 4.03. The molecular formula is C10H11BrFNO2S. The number of carbonyl (C=O) groups excluding carboxylic acids is 1. The molecule has 0 aliphatic carbocycles. The molecule has 1 rings (SSSR count). The van der Waals surface area contributed by atoms with Gasteiger partial charge in [-0.05, 0) is 34.1 Å². The van der Waals surface area contributed by atoms with Gasteiger partial charge in [0.15, 0.2) is 0 Å². The summed E-state index contributed by atoms with van der Waals surface area (Å²) in [5, 5.41) is 2.60. The Morgan fingerprint density at radius 1 is 1.56 bits per heavy atom. The van der Waals surface area contributed by atoms with Gasteiger partial charge in [-0.15, -0.1) is 0 Å². The van der Waals surface area contributed by atoms with Gasteiger partial charge in [0, 0.05) is 34.9 Å². The van der Waals surface area contributed by atoms with Crippen molar-refractivity contribution in [3.63, 3.8) is 0 Å². The van der Waals surface area contributed by atoms with E-state index < -0.39 is 16.6 Å². The van der Waals surface area contributed by atoms with E-state index in [1.165, 1.54) is 18.2 Å². The Bertz CT molecular complexity index is 425. The van der Waals surface area contributed by atoms with Gasteiger partial charge in [0.25, 0.3) is 5.91 Å². The molecule has 3 nitrogen and oxygen atoms in total. The summed E-state index contributed by atoms with van der Waals surface area (Å²) >= 11 is 3.00. The molecule has 0 radical (unpaired) electrons. The van der Waals surface area contributed by atoms with Crippen LogP contribution >= 0.6 is 15.9 Å². The maximum Gasteiger partial charge on any atom is 0.251 e. The molecule has 0 saturated heterocycles. The van der Waals surface area contributed by atoms with Crippen LogP contribution in [-0.4, -0.2) is 28.7 Å². The summed E-state index contributed by atoms with van der Waals surface area (Å²) in [5.41, 5.74) is 0.371. The van der Waals surface area contributed by atoms with Crippen LogP contribution in [0.4, 0.5) is 4.39 Å². The lowest BCUT2D eigenvalue weighted by Crippen LogP contribution is -2.27. The Balaban J connectivity index is 2.59. The first-order valence-electron chi connectivity index (χ1n) is 4.54. The van der Waals surface area contributed by atoms with E-state index in [9.17, 15) is 13.4 Å². The number of halogens is 2. The monoisotopic (exact) mass is 307 g/mol. The van der Waals surface area contributed by atoms with E-state index in [1.54, 1.807) is 6.26 Å². The highest BCUT2D eigenvalue weighted by molar-refractivity contribution is 9.10. The van der Waals surface area contributed by atoms with Gasteiger partial charge in [-0.2, -0.15) is 0 Å². The van der Waals surface area contributed by atoms with Crippen LogP contribution in [0.2, 0.25) is 0 Å². The number of rotatable bonds is 4. The van der Waals surface area contributed by atoms with Crippen molar-refractivity contribution < 1.29 is 13.4 Å². The number of amides is 1. The smallest absolute Gasteiger partial charge is 0.251 e. The Hall–Kier alpha value is -0.750. The topological polar surface area (TPSA) is 46.2 Å². The van der Waals surface area contributed by atoms with Gasteiger partial charge in [-0.3, -0.25) is 9.00 Å². The first kappa shape index (κ1) is 13.3. The average molecular weight is 308 g/mol. The minimum Gasteiger partial charge on any atom is -0.351 e. The molecule has 0 bridgehead atoms. The Morgan fingerprint density at radius 2 is 2.25 bits per heavy atom. The maximum absolute atomic E-state index is 12.9. The average Bonchev–Trinajstić information content (AvgIpc) is 2.21. The van der Waals surface area contributed by atoms with Crippen molar-refractivity contribution in [1.82, 2.24) is 5.32 Å². The Labute approximate surface area is 104 Å². The molecule has 0 aliphatic rings. The van der Waals surface area contributed by atoms with Crippen molar-refractivity contribution in [2.45, 2.75) is 0 Å². The third-order valence-electron chi connectivity index (χ3n) is 1.86. The van der Waals surface area contributed by atoms with Crippen molar-refractivity contribution in [2.24, 2.45) is 0 Å². The highest BCUT2D eigenvalue weighted by Gasteiger charge is 2.07. The van der Waals surface area contributed by atoms with E-state index in [2.05, 4.69) is 21.2 Å². The molecule has 1 atom stereocenters. The van der Waals surface area contributed by atoms with E-state index in [1.807, 2.05) is 0 Å². The Morgan fingerprint density at radius 3 is 2.81 bits per heavy atom. The molecule has 1 aromatic carbocycles. The lowest BCUT2D eigenvalue weighted by atomic mass is 10.2. The van der Waals surface area contributed by atoms with Gasteiger partial charge in [0.1, 0.15) is 5.82 Å². The number of hydrogen-bond acceptors (Lipinski definition) is 2. The molecule has 0 saturated carbocycles. The quantitative estimate of drug-likeness (QED) is 0.920. The molecular weight excluding hydrogens is 297 g/mol. The molecule has 0 fully saturated rings. The van der Waals surface area contributed by atoms with Crippen molar-refractivity contribution in [2.75, 3.05) is 18.6 Å². The zero-order valence-electron chi connectivity index (χ0n) is 8.63. The fraction of sp³-hybridized carbons (Fsp3) is 0.300. The summed E-state index contributed by atoms with van der Waals surface area (Å²) < 4.78 is 23.9. The maximum atomic E-state index is 12.9. The van der Waals surface area contributed by atoms with Crippen molar-refractivity contribution in [3.05, 3.63) is 34.1 Å². The molecule has 0 aliphatic heterocycles. The second kappa shape index (κ2) is 6.10. The van der Waals surface area contributed by atoms with Crippen molar-refractivity contribution in [3.8, 4) is 0 Å². The lowest BCUT2D eigenvalue weighted by Gasteiger charge is -2.04. The molecule has 6 heteroatoms. The summed E-state index contributed by atoms with van der Waals surface area (Å²) in [5.74, 6) is -0.300. The van der Waals surface area contributed by atoms with Gasteiger partial charge >= 0.3 is 0 Å². The molecule has 1 aromatic rings. The van der Waals surface area contributed by atoms with Crippen molar-refractivity contribution >= 4 is 32.6 Å². The van der Waals surface area contributed by atoms with Gasteiger partial charge in [0.2, 0.25) is 0 Å². The third kappa shape index (κ3) is 4.02. The van der Waals surface area contributed by atoms with Crippen LogP contribution in [0.15, 0.2) is 22.7 Å². The normalized spacial score (nSPS) is 12.2. The molecule has 0 heterocycles. The predicted octanol–water partition coefficient (Wildman–Crippen LogP) is 1.70. The van der Waals surface area contributed by atoms with Crippen LogP contribution in [0, 0.1) is 5.82 Å². The van der Waals surface area contributed by atoms with Crippen LogP contribution < -0.4 is 5.32 Å². The van der Waals surface area contributed by atoms with E-state index in [0.29, 0.717) is 17.9 Å². The van der Waals surface area contributed by atoms with Gasteiger partial charge in [-0.25, -0.2) is 4.39 Å². The van der Waals surface area contributed by atoms with Gasteiger partial charge < -0.3 is 5.32 Å². The standard InChI is InChI=1S/C10H11BrFNO2S/c1-16(15)5-4-13-10(14)7-2-3-9(12)8(11)6-7/h2-3,6H,4-5H2,1H3,(H,13,14). The fourth-order valence-electron chi connectivity index (χ4n) is 1.05. The van der Waals surface area contributed by atoms with Gasteiger partial charge in [-0.1, -0.05) is 0 Å². The second-order valence-electron chi connectivity index (χ2n) is 3.16. The largest absolute Gasteiger partial charge is 0.351 e. The third-order valence-corrected chi connectivity index (χ3v) is 3.24. The van der Waals surface area contributed by atoms with E-state index in [4.69, 9.17) is 0 Å². The second-order valence-corrected chi connectivity index (χ2v) is 5.57. The summed E-state index contributed by atoms with van der Waals surface area (Å²) in [6.07, 6.45) is 1.57. The molecule has 1 unspecified atom stereocenters. The summed E-state index contributed by atoms with van der Waals surface area (Å²) in [4.78, 5) is 11.5. The highest BCUT2D eigenvalue weighted by Crippen LogP contribution is 2.16. The number of carbonyl (C=O) groups is 1. The Kier molecular flexibility index (Phi) is 5.08.